The largest absolute Gasteiger partial charge is 0.350 e. The topological polar surface area (TPSA) is 76.9 Å². The van der Waals surface area contributed by atoms with E-state index in [1.165, 1.54) is 16.0 Å². The third kappa shape index (κ3) is 3.86. The fourth-order valence-corrected chi connectivity index (χ4v) is 4.14. The van der Waals surface area contributed by atoms with Crippen molar-refractivity contribution in [2.75, 3.05) is 0 Å². The van der Waals surface area contributed by atoms with Crippen molar-refractivity contribution in [1.29, 1.82) is 0 Å². The smallest absolute Gasteiger partial charge is 0.298 e. The first-order valence-electron chi connectivity index (χ1n) is 9.41. The molecule has 0 spiro atoms. The van der Waals surface area contributed by atoms with Crippen molar-refractivity contribution in [2.24, 2.45) is 0 Å². The molecule has 0 aliphatic carbocycles. The number of amides is 1. The number of rotatable bonds is 4. The molecule has 0 aliphatic rings. The number of carbonyl (C=O) groups is 1. The predicted molar refractivity (Wildman–Crippen MR) is 121 cm³/mol. The van der Waals surface area contributed by atoms with E-state index < -0.39 is 0 Å². The zero-order valence-corrected chi connectivity index (χ0v) is 18.2. The molecule has 0 aliphatic heterocycles. The average molecular weight is 439 g/mol. The molecule has 1 N–H and O–H groups in total. The van der Waals surface area contributed by atoms with Gasteiger partial charge in [-0.2, -0.15) is 9.78 Å². The van der Waals surface area contributed by atoms with Gasteiger partial charge in [-0.05, 0) is 57.2 Å². The number of carbonyl (C=O) groups excluding carboxylic acids is 1. The van der Waals surface area contributed by atoms with Gasteiger partial charge < -0.3 is 5.32 Å². The third-order valence-corrected chi connectivity index (χ3v) is 5.69. The Morgan fingerprint density at radius 1 is 1.10 bits per heavy atom. The van der Waals surface area contributed by atoms with E-state index in [4.69, 9.17) is 11.6 Å². The summed E-state index contributed by atoms with van der Waals surface area (Å²) in [5.41, 5.74) is 2.65. The quantitative estimate of drug-likeness (QED) is 0.504. The van der Waals surface area contributed by atoms with Gasteiger partial charge >= 0.3 is 0 Å². The lowest BCUT2D eigenvalue weighted by atomic mass is 10.1. The molecular formula is C22H19ClN4O2S. The number of halogens is 1. The van der Waals surface area contributed by atoms with E-state index in [9.17, 15) is 9.59 Å². The molecule has 8 heteroatoms. The number of benzene rings is 2. The molecule has 4 rings (SSSR count). The van der Waals surface area contributed by atoms with Crippen LogP contribution in [0.5, 0.6) is 0 Å². The normalized spacial score (nSPS) is 11.2. The van der Waals surface area contributed by atoms with E-state index in [1.54, 1.807) is 36.4 Å². The lowest BCUT2D eigenvalue weighted by Gasteiger charge is -2.11. The Hall–Kier alpha value is -3.03. The number of thiazole rings is 1. The summed E-state index contributed by atoms with van der Waals surface area (Å²) in [7, 11) is 0. The third-order valence-electron chi connectivity index (χ3n) is 4.46. The predicted octanol–water partition coefficient (Wildman–Crippen LogP) is 4.61. The number of hydrogen-bond donors (Lipinski definition) is 1. The zero-order valence-electron chi connectivity index (χ0n) is 16.6. The summed E-state index contributed by atoms with van der Waals surface area (Å²) in [6, 6.07) is 14.1. The van der Waals surface area contributed by atoms with E-state index >= 15 is 0 Å². The Morgan fingerprint density at radius 2 is 1.77 bits per heavy atom. The van der Waals surface area contributed by atoms with Gasteiger partial charge in [0, 0.05) is 22.2 Å². The van der Waals surface area contributed by atoms with E-state index in [0.29, 0.717) is 27.5 Å². The fraction of sp³-hybridized carbons (Fsp3) is 0.182. The summed E-state index contributed by atoms with van der Waals surface area (Å²) in [5, 5.41) is 8.90. The lowest BCUT2D eigenvalue weighted by molar-refractivity contribution is 0.0943. The summed E-state index contributed by atoms with van der Waals surface area (Å²) >= 11 is 7.46. The average Bonchev–Trinajstić information content (AvgIpc) is 3.11. The highest BCUT2D eigenvalue weighted by atomic mass is 35.5. The molecule has 2 heterocycles. The van der Waals surface area contributed by atoms with Gasteiger partial charge in [0.25, 0.3) is 11.5 Å². The Bertz CT molecular complexity index is 1290. The summed E-state index contributed by atoms with van der Waals surface area (Å²) in [6.07, 6.45) is 0. The van der Waals surface area contributed by atoms with Crippen molar-refractivity contribution in [3.8, 4) is 16.9 Å². The van der Waals surface area contributed by atoms with Crippen LogP contribution in [-0.4, -0.2) is 26.7 Å². The van der Waals surface area contributed by atoms with Crippen molar-refractivity contribution < 1.29 is 4.79 Å². The van der Waals surface area contributed by atoms with Crippen molar-refractivity contribution in [2.45, 2.75) is 26.8 Å². The number of fused-ring (bicyclic) bond motifs is 1. The molecule has 30 heavy (non-hydrogen) atoms. The van der Waals surface area contributed by atoms with Crippen LogP contribution in [-0.2, 0) is 0 Å². The van der Waals surface area contributed by atoms with Crippen LogP contribution in [0.15, 0.2) is 53.3 Å². The second-order valence-corrected chi connectivity index (χ2v) is 8.80. The molecule has 0 saturated carbocycles. The van der Waals surface area contributed by atoms with Crippen molar-refractivity contribution in [3.63, 3.8) is 0 Å². The van der Waals surface area contributed by atoms with Crippen LogP contribution in [0.25, 0.3) is 27.2 Å². The Kier molecular flexibility index (Phi) is 5.40. The van der Waals surface area contributed by atoms with E-state index in [1.807, 2.05) is 32.9 Å². The van der Waals surface area contributed by atoms with Gasteiger partial charge in [0.1, 0.15) is 5.69 Å². The highest BCUT2D eigenvalue weighted by molar-refractivity contribution is 7.19. The van der Waals surface area contributed by atoms with Crippen LogP contribution in [0.2, 0.25) is 5.02 Å². The van der Waals surface area contributed by atoms with Gasteiger partial charge in [0.05, 0.1) is 15.4 Å². The number of nitrogens with zero attached hydrogens (tertiary/aromatic N) is 3. The molecule has 4 aromatic rings. The molecule has 0 saturated heterocycles. The maximum absolute atomic E-state index is 13.1. The van der Waals surface area contributed by atoms with Crippen molar-refractivity contribution >= 4 is 39.1 Å². The number of nitrogens with one attached hydrogen (secondary N) is 1. The van der Waals surface area contributed by atoms with Crippen LogP contribution in [0.3, 0.4) is 0 Å². The summed E-state index contributed by atoms with van der Waals surface area (Å²) in [4.78, 5) is 29.7. The van der Waals surface area contributed by atoms with E-state index in [0.717, 1.165) is 15.3 Å². The fourth-order valence-electron chi connectivity index (χ4n) is 3.09. The number of aryl methyl sites for hydroxylation is 1. The number of hydrogen-bond acceptors (Lipinski definition) is 5. The summed E-state index contributed by atoms with van der Waals surface area (Å²) in [5.74, 6) is -0.163. The van der Waals surface area contributed by atoms with Gasteiger partial charge in [-0.25, -0.2) is 4.98 Å². The molecule has 0 radical (unpaired) electrons. The van der Waals surface area contributed by atoms with Gasteiger partial charge in [-0.15, -0.1) is 11.3 Å². The first-order valence-corrected chi connectivity index (χ1v) is 10.6. The minimum atomic E-state index is -0.300. The maximum atomic E-state index is 13.1. The maximum Gasteiger partial charge on any atom is 0.298 e. The molecule has 2 aromatic carbocycles. The highest BCUT2D eigenvalue weighted by Gasteiger charge is 2.17. The minimum Gasteiger partial charge on any atom is -0.350 e. The van der Waals surface area contributed by atoms with Crippen LogP contribution in [0.1, 0.15) is 29.2 Å². The molecule has 0 unspecified atom stereocenters. The SMILES string of the molecule is Cc1nc2c(=O)n(-c3ccc(C(=O)NC(C)C)cc3)nc(-c3ccc(Cl)cc3)c2s1. The van der Waals surface area contributed by atoms with Crippen molar-refractivity contribution in [3.05, 3.63) is 74.5 Å². The van der Waals surface area contributed by atoms with Crippen LogP contribution in [0, 0.1) is 6.92 Å². The molecule has 2 aromatic heterocycles. The second kappa shape index (κ2) is 8.01. The zero-order chi connectivity index (χ0) is 21.4. The second-order valence-electron chi connectivity index (χ2n) is 7.16. The van der Waals surface area contributed by atoms with Gasteiger partial charge in [0.15, 0.2) is 5.52 Å². The molecule has 0 fully saturated rings. The molecule has 1 amide bonds. The van der Waals surface area contributed by atoms with E-state index in [2.05, 4.69) is 15.4 Å². The Balaban J connectivity index is 1.85. The first kappa shape index (κ1) is 20.3. The molecule has 0 atom stereocenters. The van der Waals surface area contributed by atoms with Gasteiger partial charge in [-0.3, -0.25) is 9.59 Å². The number of aromatic nitrogens is 3. The first-order chi connectivity index (χ1) is 14.3. The van der Waals surface area contributed by atoms with Crippen molar-refractivity contribution in [1.82, 2.24) is 20.1 Å². The molecular weight excluding hydrogens is 420 g/mol. The van der Waals surface area contributed by atoms with Gasteiger partial charge in [-0.1, -0.05) is 23.7 Å². The highest BCUT2D eigenvalue weighted by Crippen LogP contribution is 2.30. The Labute approximate surface area is 182 Å². The van der Waals surface area contributed by atoms with Crippen LogP contribution >= 0.6 is 22.9 Å². The van der Waals surface area contributed by atoms with Crippen LogP contribution < -0.4 is 10.9 Å². The molecule has 152 valence electrons. The van der Waals surface area contributed by atoms with E-state index in [-0.39, 0.29) is 17.5 Å². The minimum absolute atomic E-state index is 0.0405. The molecule has 0 bridgehead atoms. The monoisotopic (exact) mass is 438 g/mol. The lowest BCUT2D eigenvalue weighted by Crippen LogP contribution is -2.30. The summed E-state index contributed by atoms with van der Waals surface area (Å²) in [6.45, 7) is 5.67. The Morgan fingerprint density at radius 3 is 2.40 bits per heavy atom. The molecule has 6 nitrogen and oxygen atoms in total. The summed E-state index contributed by atoms with van der Waals surface area (Å²) < 4.78 is 2.07. The van der Waals surface area contributed by atoms with Gasteiger partial charge in [0.2, 0.25) is 0 Å². The van der Waals surface area contributed by atoms with Crippen LogP contribution in [0.4, 0.5) is 0 Å². The standard InChI is InChI=1S/C22H19ClN4O2S/c1-12(2)24-21(28)15-6-10-17(11-7-15)27-22(29)19-20(30-13(3)25-19)18(26-27)14-4-8-16(23)9-5-14/h4-12H,1-3H3,(H,24,28).